The van der Waals surface area contributed by atoms with E-state index in [1.807, 2.05) is 45.0 Å². The predicted octanol–water partition coefficient (Wildman–Crippen LogP) is 5.12. The number of nitrogens with one attached hydrogen (secondary N) is 1. The van der Waals surface area contributed by atoms with Crippen LogP contribution in [0.15, 0.2) is 46.9 Å². The smallest absolute Gasteiger partial charge is 0.261 e. The van der Waals surface area contributed by atoms with Crippen molar-refractivity contribution in [3.8, 4) is 5.75 Å². The zero-order valence-electron chi connectivity index (χ0n) is 17.6. The Labute approximate surface area is 191 Å². The van der Waals surface area contributed by atoms with Gasteiger partial charge in [0.05, 0.1) is 0 Å². The number of hydrogen-bond acceptors (Lipinski definition) is 3. The summed E-state index contributed by atoms with van der Waals surface area (Å²) in [6, 6.07) is 12.3. The zero-order chi connectivity index (χ0) is 22.1. The van der Waals surface area contributed by atoms with E-state index in [0.717, 1.165) is 22.0 Å². The quantitative estimate of drug-likeness (QED) is 0.497. The summed E-state index contributed by atoms with van der Waals surface area (Å²) in [6.45, 7) is 6.58. The van der Waals surface area contributed by atoms with E-state index in [4.69, 9.17) is 16.3 Å². The van der Waals surface area contributed by atoms with Crippen LogP contribution >= 0.6 is 27.5 Å². The molecule has 5 nitrogen and oxygen atoms in total. The van der Waals surface area contributed by atoms with E-state index in [0.29, 0.717) is 30.3 Å². The lowest BCUT2D eigenvalue weighted by Gasteiger charge is -2.30. The maximum Gasteiger partial charge on any atom is 0.261 e. The second kappa shape index (κ2) is 12.0. The van der Waals surface area contributed by atoms with Gasteiger partial charge in [0.1, 0.15) is 11.8 Å². The van der Waals surface area contributed by atoms with Gasteiger partial charge in [0.15, 0.2) is 6.61 Å². The van der Waals surface area contributed by atoms with Crippen LogP contribution in [0.4, 0.5) is 0 Å². The standard InChI is InChI=1S/C23H28BrClN2O3/c1-4-12-26-23(29)21(5-2)27(14-17-6-8-18(25)9-7-17)22(28)15-30-19-10-11-20(24)16(3)13-19/h6-11,13,21H,4-5,12,14-15H2,1-3H3,(H,26,29). The van der Waals surface area contributed by atoms with Crippen LogP contribution in [-0.4, -0.2) is 35.9 Å². The van der Waals surface area contributed by atoms with E-state index in [1.165, 1.54) is 0 Å². The van der Waals surface area contributed by atoms with Gasteiger partial charge in [-0.3, -0.25) is 9.59 Å². The summed E-state index contributed by atoms with van der Waals surface area (Å²) >= 11 is 9.44. The normalized spacial score (nSPS) is 11.6. The summed E-state index contributed by atoms with van der Waals surface area (Å²) in [4.78, 5) is 27.4. The van der Waals surface area contributed by atoms with Crippen molar-refractivity contribution in [1.82, 2.24) is 10.2 Å². The first-order valence-electron chi connectivity index (χ1n) is 10.1. The molecule has 2 aromatic rings. The molecule has 162 valence electrons. The molecule has 0 spiro atoms. The number of amides is 2. The molecule has 1 atom stereocenters. The van der Waals surface area contributed by atoms with Crippen LogP contribution in [0, 0.1) is 6.92 Å². The van der Waals surface area contributed by atoms with Crippen LogP contribution < -0.4 is 10.1 Å². The Morgan fingerprint density at radius 2 is 1.87 bits per heavy atom. The maximum absolute atomic E-state index is 13.1. The molecule has 1 unspecified atom stereocenters. The van der Waals surface area contributed by atoms with Gasteiger partial charge in [0.2, 0.25) is 5.91 Å². The molecular weight excluding hydrogens is 468 g/mol. The molecule has 2 aromatic carbocycles. The van der Waals surface area contributed by atoms with Crippen molar-refractivity contribution in [2.75, 3.05) is 13.2 Å². The molecular formula is C23H28BrClN2O3. The fourth-order valence-electron chi connectivity index (χ4n) is 3.01. The minimum absolute atomic E-state index is 0.147. The molecule has 0 aliphatic heterocycles. The second-order valence-electron chi connectivity index (χ2n) is 7.06. The maximum atomic E-state index is 13.1. The Bertz CT molecular complexity index is 858. The first-order chi connectivity index (χ1) is 14.3. The summed E-state index contributed by atoms with van der Waals surface area (Å²) in [6.07, 6.45) is 1.34. The van der Waals surface area contributed by atoms with Gasteiger partial charge < -0.3 is 15.0 Å². The second-order valence-corrected chi connectivity index (χ2v) is 8.35. The first-order valence-corrected chi connectivity index (χ1v) is 11.2. The van der Waals surface area contributed by atoms with Crippen molar-refractivity contribution in [3.63, 3.8) is 0 Å². The fourth-order valence-corrected chi connectivity index (χ4v) is 3.38. The molecule has 0 bridgehead atoms. The number of nitrogens with zero attached hydrogens (tertiary/aromatic N) is 1. The van der Waals surface area contributed by atoms with Gasteiger partial charge in [0.25, 0.3) is 5.91 Å². The average molecular weight is 496 g/mol. The molecule has 0 fully saturated rings. The summed E-state index contributed by atoms with van der Waals surface area (Å²) < 4.78 is 6.71. The summed E-state index contributed by atoms with van der Waals surface area (Å²) in [5.74, 6) is 0.212. The highest BCUT2D eigenvalue weighted by Crippen LogP contribution is 2.22. The van der Waals surface area contributed by atoms with Crippen LogP contribution in [0.2, 0.25) is 5.02 Å². The summed E-state index contributed by atoms with van der Waals surface area (Å²) in [5, 5.41) is 3.52. The van der Waals surface area contributed by atoms with E-state index in [2.05, 4.69) is 21.2 Å². The molecule has 0 aliphatic carbocycles. The fraction of sp³-hybridized carbons (Fsp3) is 0.391. The molecule has 7 heteroatoms. The average Bonchev–Trinajstić information content (AvgIpc) is 2.74. The predicted molar refractivity (Wildman–Crippen MR) is 124 cm³/mol. The monoisotopic (exact) mass is 494 g/mol. The van der Waals surface area contributed by atoms with Crippen molar-refractivity contribution in [2.45, 2.75) is 46.2 Å². The number of carbonyl (C=O) groups excluding carboxylic acids is 2. The number of hydrogen-bond donors (Lipinski definition) is 1. The summed E-state index contributed by atoms with van der Waals surface area (Å²) in [7, 11) is 0. The van der Waals surface area contributed by atoms with Crippen molar-refractivity contribution in [3.05, 3.63) is 63.1 Å². The number of rotatable bonds is 10. The lowest BCUT2D eigenvalue weighted by molar-refractivity contribution is -0.143. The minimum atomic E-state index is -0.574. The van der Waals surface area contributed by atoms with Crippen molar-refractivity contribution in [2.24, 2.45) is 0 Å². The van der Waals surface area contributed by atoms with E-state index < -0.39 is 6.04 Å². The number of carbonyl (C=O) groups is 2. The van der Waals surface area contributed by atoms with Crippen LogP contribution in [0.1, 0.15) is 37.8 Å². The third-order valence-electron chi connectivity index (χ3n) is 4.69. The number of aryl methyl sites for hydroxylation is 1. The molecule has 2 rings (SSSR count). The van der Waals surface area contributed by atoms with Gasteiger partial charge in [-0.05, 0) is 61.2 Å². The largest absolute Gasteiger partial charge is 0.484 e. The van der Waals surface area contributed by atoms with E-state index in [-0.39, 0.29) is 18.4 Å². The van der Waals surface area contributed by atoms with Crippen LogP contribution in [-0.2, 0) is 16.1 Å². The van der Waals surface area contributed by atoms with E-state index >= 15 is 0 Å². The molecule has 0 saturated heterocycles. The zero-order valence-corrected chi connectivity index (χ0v) is 19.9. The Hall–Kier alpha value is -2.05. The van der Waals surface area contributed by atoms with Gasteiger partial charge in [0, 0.05) is 22.6 Å². The Kier molecular flexibility index (Phi) is 9.66. The van der Waals surface area contributed by atoms with Gasteiger partial charge in [-0.15, -0.1) is 0 Å². The van der Waals surface area contributed by atoms with Crippen LogP contribution in [0.3, 0.4) is 0 Å². The topological polar surface area (TPSA) is 58.6 Å². The van der Waals surface area contributed by atoms with Crippen LogP contribution in [0.25, 0.3) is 0 Å². The lowest BCUT2D eigenvalue weighted by Crippen LogP contribution is -2.50. The molecule has 0 heterocycles. The summed E-state index contributed by atoms with van der Waals surface area (Å²) in [5.41, 5.74) is 1.91. The van der Waals surface area contributed by atoms with Gasteiger partial charge in [-0.25, -0.2) is 0 Å². The molecule has 0 aliphatic rings. The lowest BCUT2D eigenvalue weighted by atomic mass is 10.1. The third kappa shape index (κ3) is 7.03. The highest BCUT2D eigenvalue weighted by atomic mass is 79.9. The van der Waals surface area contributed by atoms with Crippen molar-refractivity contribution >= 4 is 39.3 Å². The van der Waals surface area contributed by atoms with Gasteiger partial charge >= 0.3 is 0 Å². The number of benzene rings is 2. The van der Waals surface area contributed by atoms with Crippen LogP contribution in [0.5, 0.6) is 5.75 Å². The third-order valence-corrected chi connectivity index (χ3v) is 5.83. The highest BCUT2D eigenvalue weighted by molar-refractivity contribution is 9.10. The van der Waals surface area contributed by atoms with Gasteiger partial charge in [-0.1, -0.05) is 53.5 Å². The molecule has 30 heavy (non-hydrogen) atoms. The first kappa shape index (κ1) is 24.2. The van der Waals surface area contributed by atoms with E-state index in [9.17, 15) is 9.59 Å². The Morgan fingerprint density at radius 3 is 2.47 bits per heavy atom. The van der Waals surface area contributed by atoms with Gasteiger partial charge in [-0.2, -0.15) is 0 Å². The molecule has 0 saturated carbocycles. The molecule has 1 N–H and O–H groups in total. The SMILES string of the molecule is CCCNC(=O)C(CC)N(Cc1ccc(Cl)cc1)C(=O)COc1ccc(Br)c(C)c1. The minimum Gasteiger partial charge on any atom is -0.484 e. The Balaban J connectivity index is 2.18. The van der Waals surface area contributed by atoms with Crippen molar-refractivity contribution < 1.29 is 14.3 Å². The number of ether oxygens (including phenoxy) is 1. The Morgan fingerprint density at radius 1 is 1.17 bits per heavy atom. The van der Waals surface area contributed by atoms with Crippen molar-refractivity contribution in [1.29, 1.82) is 0 Å². The molecule has 0 radical (unpaired) electrons. The number of halogens is 2. The highest BCUT2D eigenvalue weighted by Gasteiger charge is 2.28. The molecule has 0 aromatic heterocycles. The molecule has 2 amide bonds. The van der Waals surface area contributed by atoms with E-state index in [1.54, 1.807) is 23.1 Å².